The van der Waals surface area contributed by atoms with E-state index in [9.17, 15) is 0 Å². The minimum absolute atomic E-state index is 0.576. The summed E-state index contributed by atoms with van der Waals surface area (Å²) in [6.45, 7) is 8.34. The van der Waals surface area contributed by atoms with Crippen molar-refractivity contribution in [2.24, 2.45) is 0 Å². The predicted molar refractivity (Wildman–Crippen MR) is 78.1 cm³/mol. The van der Waals surface area contributed by atoms with Gasteiger partial charge >= 0.3 is 0 Å². The van der Waals surface area contributed by atoms with Gasteiger partial charge in [-0.25, -0.2) is 0 Å². The van der Waals surface area contributed by atoms with Crippen LogP contribution in [0, 0.1) is 0 Å². The van der Waals surface area contributed by atoms with E-state index in [-0.39, 0.29) is 0 Å². The van der Waals surface area contributed by atoms with Gasteiger partial charge in [0.1, 0.15) is 0 Å². The molecule has 1 atom stereocenters. The highest BCUT2D eigenvalue weighted by Gasteiger charge is 2.03. The van der Waals surface area contributed by atoms with Gasteiger partial charge in [0.2, 0.25) is 0 Å². The van der Waals surface area contributed by atoms with E-state index in [1.165, 1.54) is 18.4 Å². The number of unbranched alkanes of at least 4 members (excludes halogenated alkanes) is 1. The molecule has 0 unspecified atom stereocenters. The lowest BCUT2D eigenvalue weighted by Gasteiger charge is -2.13. The Bertz CT molecular complexity index is 286. The predicted octanol–water partition coefficient (Wildman–Crippen LogP) is 3.59. The SMILES string of the molecule is CCCCOCCCNC[C@@H](C)c1ccccc1. The van der Waals surface area contributed by atoms with Gasteiger partial charge in [0, 0.05) is 19.8 Å². The summed E-state index contributed by atoms with van der Waals surface area (Å²) < 4.78 is 5.53. The summed E-state index contributed by atoms with van der Waals surface area (Å²) in [5.74, 6) is 0.576. The van der Waals surface area contributed by atoms with Crippen molar-refractivity contribution < 1.29 is 4.74 Å². The van der Waals surface area contributed by atoms with E-state index in [0.717, 1.165) is 32.7 Å². The molecule has 0 heterocycles. The average Bonchev–Trinajstić information content (AvgIpc) is 2.42. The van der Waals surface area contributed by atoms with Crippen molar-refractivity contribution in [1.29, 1.82) is 0 Å². The van der Waals surface area contributed by atoms with Crippen LogP contribution in [-0.4, -0.2) is 26.3 Å². The summed E-state index contributed by atoms with van der Waals surface area (Å²) in [4.78, 5) is 0. The van der Waals surface area contributed by atoms with Gasteiger partial charge in [-0.3, -0.25) is 0 Å². The molecule has 0 aromatic heterocycles. The Labute approximate surface area is 112 Å². The Hall–Kier alpha value is -0.860. The van der Waals surface area contributed by atoms with Crippen LogP contribution >= 0.6 is 0 Å². The van der Waals surface area contributed by atoms with Gasteiger partial charge in [0.05, 0.1) is 0 Å². The molecule has 0 saturated carbocycles. The Kier molecular flexibility index (Phi) is 8.53. The van der Waals surface area contributed by atoms with Gasteiger partial charge < -0.3 is 10.1 Å². The monoisotopic (exact) mass is 249 g/mol. The molecular weight excluding hydrogens is 222 g/mol. The highest BCUT2D eigenvalue weighted by atomic mass is 16.5. The maximum atomic E-state index is 5.53. The van der Waals surface area contributed by atoms with Crippen molar-refractivity contribution in [3.63, 3.8) is 0 Å². The number of benzene rings is 1. The molecule has 102 valence electrons. The lowest BCUT2D eigenvalue weighted by molar-refractivity contribution is 0.129. The van der Waals surface area contributed by atoms with Crippen LogP contribution in [0.5, 0.6) is 0 Å². The average molecular weight is 249 g/mol. The van der Waals surface area contributed by atoms with Crippen molar-refractivity contribution in [1.82, 2.24) is 5.32 Å². The molecule has 0 aliphatic carbocycles. The summed E-state index contributed by atoms with van der Waals surface area (Å²) in [6, 6.07) is 10.7. The first kappa shape index (κ1) is 15.2. The van der Waals surface area contributed by atoms with E-state index in [2.05, 4.69) is 49.5 Å². The second-order valence-corrected chi connectivity index (χ2v) is 4.84. The van der Waals surface area contributed by atoms with E-state index in [1.54, 1.807) is 0 Å². The molecule has 0 saturated heterocycles. The maximum Gasteiger partial charge on any atom is 0.0478 e. The first-order valence-electron chi connectivity index (χ1n) is 7.18. The van der Waals surface area contributed by atoms with Gasteiger partial charge in [-0.2, -0.15) is 0 Å². The van der Waals surface area contributed by atoms with Gasteiger partial charge in [-0.05, 0) is 30.9 Å². The fourth-order valence-corrected chi connectivity index (χ4v) is 1.87. The van der Waals surface area contributed by atoms with Crippen molar-refractivity contribution in [2.45, 2.75) is 39.0 Å². The first-order chi connectivity index (χ1) is 8.84. The second kappa shape index (κ2) is 10.1. The summed E-state index contributed by atoms with van der Waals surface area (Å²) in [5.41, 5.74) is 1.41. The molecule has 0 aliphatic heterocycles. The third-order valence-corrected chi connectivity index (χ3v) is 3.10. The van der Waals surface area contributed by atoms with E-state index >= 15 is 0 Å². The zero-order valence-corrected chi connectivity index (χ0v) is 11.8. The van der Waals surface area contributed by atoms with Crippen molar-refractivity contribution >= 4 is 0 Å². The van der Waals surface area contributed by atoms with Crippen molar-refractivity contribution in [3.05, 3.63) is 35.9 Å². The largest absolute Gasteiger partial charge is 0.381 e. The minimum atomic E-state index is 0.576. The van der Waals surface area contributed by atoms with Gasteiger partial charge in [0.15, 0.2) is 0 Å². The molecule has 0 bridgehead atoms. The lowest BCUT2D eigenvalue weighted by Crippen LogP contribution is -2.22. The molecule has 18 heavy (non-hydrogen) atoms. The zero-order valence-electron chi connectivity index (χ0n) is 11.8. The number of nitrogens with one attached hydrogen (secondary N) is 1. The second-order valence-electron chi connectivity index (χ2n) is 4.84. The third kappa shape index (κ3) is 6.77. The fourth-order valence-electron chi connectivity index (χ4n) is 1.87. The molecule has 0 spiro atoms. The van der Waals surface area contributed by atoms with Crippen LogP contribution < -0.4 is 5.32 Å². The van der Waals surface area contributed by atoms with Crippen LogP contribution in [-0.2, 0) is 4.74 Å². The van der Waals surface area contributed by atoms with Crippen LogP contribution in [0.1, 0.15) is 44.6 Å². The summed E-state index contributed by atoms with van der Waals surface area (Å²) in [5, 5.41) is 3.49. The molecule has 1 aromatic carbocycles. The Morgan fingerprint density at radius 2 is 1.83 bits per heavy atom. The first-order valence-corrected chi connectivity index (χ1v) is 7.18. The van der Waals surface area contributed by atoms with E-state index in [0.29, 0.717) is 5.92 Å². The zero-order chi connectivity index (χ0) is 13.1. The Morgan fingerprint density at radius 3 is 2.56 bits per heavy atom. The van der Waals surface area contributed by atoms with Crippen LogP contribution in [0.15, 0.2) is 30.3 Å². The van der Waals surface area contributed by atoms with Crippen LogP contribution in [0.2, 0.25) is 0 Å². The van der Waals surface area contributed by atoms with Gasteiger partial charge in [-0.1, -0.05) is 50.6 Å². The lowest BCUT2D eigenvalue weighted by atomic mass is 10.0. The Morgan fingerprint density at radius 1 is 1.11 bits per heavy atom. The molecule has 1 aromatic rings. The van der Waals surface area contributed by atoms with E-state index in [1.807, 2.05) is 0 Å². The highest BCUT2D eigenvalue weighted by Crippen LogP contribution is 2.12. The van der Waals surface area contributed by atoms with E-state index < -0.39 is 0 Å². The van der Waals surface area contributed by atoms with Crippen LogP contribution in [0.4, 0.5) is 0 Å². The molecule has 0 fully saturated rings. The van der Waals surface area contributed by atoms with Gasteiger partial charge in [0.25, 0.3) is 0 Å². The summed E-state index contributed by atoms with van der Waals surface area (Å²) in [6.07, 6.45) is 3.50. The normalized spacial score (nSPS) is 12.6. The van der Waals surface area contributed by atoms with Crippen LogP contribution in [0.25, 0.3) is 0 Å². The Balaban J connectivity index is 1.98. The highest BCUT2D eigenvalue weighted by molar-refractivity contribution is 5.18. The molecule has 1 rings (SSSR count). The molecular formula is C16H27NO. The minimum Gasteiger partial charge on any atom is -0.381 e. The summed E-state index contributed by atoms with van der Waals surface area (Å²) >= 11 is 0. The third-order valence-electron chi connectivity index (χ3n) is 3.10. The standard InChI is InChI=1S/C16H27NO/c1-3-4-12-18-13-8-11-17-14-15(2)16-9-6-5-7-10-16/h5-7,9-10,15,17H,3-4,8,11-14H2,1-2H3/t15-/m1/s1. The number of hydrogen-bond donors (Lipinski definition) is 1. The van der Waals surface area contributed by atoms with Crippen molar-refractivity contribution in [2.75, 3.05) is 26.3 Å². The summed E-state index contributed by atoms with van der Waals surface area (Å²) in [7, 11) is 0. The quantitative estimate of drug-likeness (QED) is 0.640. The van der Waals surface area contributed by atoms with Crippen molar-refractivity contribution in [3.8, 4) is 0 Å². The molecule has 2 nitrogen and oxygen atoms in total. The number of ether oxygens (including phenoxy) is 1. The molecule has 0 amide bonds. The molecule has 1 N–H and O–H groups in total. The topological polar surface area (TPSA) is 21.3 Å². The van der Waals surface area contributed by atoms with E-state index in [4.69, 9.17) is 4.74 Å². The fraction of sp³-hybridized carbons (Fsp3) is 0.625. The van der Waals surface area contributed by atoms with Gasteiger partial charge in [-0.15, -0.1) is 0 Å². The molecule has 0 aliphatic rings. The molecule has 0 radical (unpaired) electrons. The molecule has 2 heteroatoms. The van der Waals surface area contributed by atoms with Crippen LogP contribution in [0.3, 0.4) is 0 Å². The maximum absolute atomic E-state index is 5.53. The number of rotatable bonds is 10. The smallest absolute Gasteiger partial charge is 0.0478 e. The number of hydrogen-bond acceptors (Lipinski definition) is 2.